The van der Waals surface area contributed by atoms with E-state index < -0.39 is 0 Å². The third-order valence-electron chi connectivity index (χ3n) is 3.79. The molecule has 0 amide bonds. The molecule has 0 radical (unpaired) electrons. The van der Waals surface area contributed by atoms with E-state index in [9.17, 15) is 0 Å². The molecule has 1 saturated heterocycles. The topological polar surface area (TPSA) is 21.3 Å². The Bertz CT molecular complexity index is 360. The number of morpholine rings is 1. The minimum atomic E-state index is 0.196. The Morgan fingerprint density at radius 3 is 2.56 bits per heavy atom. The van der Waals surface area contributed by atoms with Gasteiger partial charge in [0.25, 0.3) is 0 Å². The number of aryl methyl sites for hydroxylation is 1. The highest BCUT2D eigenvalue weighted by Crippen LogP contribution is 2.27. The summed E-state index contributed by atoms with van der Waals surface area (Å²) in [7, 11) is 0. The van der Waals surface area contributed by atoms with Gasteiger partial charge in [0.05, 0.1) is 12.2 Å². The minimum absolute atomic E-state index is 0.196. The van der Waals surface area contributed by atoms with Crippen LogP contribution in [-0.2, 0) is 11.2 Å². The second-order valence-corrected chi connectivity index (χ2v) is 5.26. The van der Waals surface area contributed by atoms with Crippen molar-refractivity contribution < 1.29 is 4.74 Å². The summed E-state index contributed by atoms with van der Waals surface area (Å²) >= 11 is 0. The van der Waals surface area contributed by atoms with E-state index in [4.69, 9.17) is 4.74 Å². The number of benzene rings is 1. The fraction of sp³-hybridized carbons (Fsp3) is 0.625. The molecule has 1 fully saturated rings. The van der Waals surface area contributed by atoms with Gasteiger partial charge in [-0.3, -0.25) is 0 Å². The molecule has 0 spiro atoms. The molecule has 1 heterocycles. The predicted octanol–water partition coefficient (Wildman–Crippen LogP) is 3.47. The van der Waals surface area contributed by atoms with Crippen molar-refractivity contribution in [3.05, 3.63) is 35.4 Å². The molecule has 3 atom stereocenters. The summed E-state index contributed by atoms with van der Waals surface area (Å²) < 4.78 is 6.24. The van der Waals surface area contributed by atoms with Crippen LogP contribution in [0, 0.1) is 0 Å². The molecule has 3 unspecified atom stereocenters. The first-order valence-corrected chi connectivity index (χ1v) is 7.22. The zero-order valence-electron chi connectivity index (χ0n) is 11.8. The fourth-order valence-corrected chi connectivity index (χ4v) is 2.60. The van der Waals surface area contributed by atoms with Crippen LogP contribution in [0.25, 0.3) is 0 Å². The van der Waals surface area contributed by atoms with Gasteiger partial charge in [0.15, 0.2) is 0 Å². The summed E-state index contributed by atoms with van der Waals surface area (Å²) in [5.74, 6) is 0. The molecule has 0 saturated carbocycles. The van der Waals surface area contributed by atoms with Gasteiger partial charge < -0.3 is 10.1 Å². The minimum Gasteiger partial charge on any atom is -0.367 e. The van der Waals surface area contributed by atoms with Gasteiger partial charge in [-0.25, -0.2) is 0 Å². The molecule has 100 valence electrons. The highest BCUT2D eigenvalue weighted by atomic mass is 16.5. The average Bonchev–Trinajstić information content (AvgIpc) is 2.41. The lowest BCUT2D eigenvalue weighted by Crippen LogP contribution is -2.46. The molecule has 2 rings (SSSR count). The van der Waals surface area contributed by atoms with Gasteiger partial charge in [0.1, 0.15) is 0 Å². The summed E-state index contributed by atoms with van der Waals surface area (Å²) in [4.78, 5) is 0. The molecule has 0 aliphatic carbocycles. The van der Waals surface area contributed by atoms with Gasteiger partial charge in [-0.1, -0.05) is 44.5 Å². The van der Waals surface area contributed by atoms with Crippen LogP contribution in [0.2, 0.25) is 0 Å². The molecule has 1 aliphatic rings. The van der Waals surface area contributed by atoms with E-state index in [0.717, 1.165) is 19.4 Å². The summed E-state index contributed by atoms with van der Waals surface area (Å²) in [6.07, 6.45) is 3.98. The van der Waals surface area contributed by atoms with Crippen LogP contribution in [0.3, 0.4) is 0 Å². The standard InChI is InChI=1S/C16H25NO/c1-4-6-15-11-17-12(3)16(18-15)14-9-7-13(5-2)8-10-14/h7-10,12,15-17H,4-6,11H2,1-3H3. The second kappa shape index (κ2) is 6.35. The van der Waals surface area contributed by atoms with Gasteiger partial charge in [-0.05, 0) is 30.9 Å². The Morgan fingerprint density at radius 2 is 1.94 bits per heavy atom. The number of nitrogens with one attached hydrogen (secondary N) is 1. The predicted molar refractivity (Wildman–Crippen MR) is 75.8 cm³/mol. The first-order chi connectivity index (χ1) is 8.74. The van der Waals surface area contributed by atoms with Crippen molar-refractivity contribution in [3.63, 3.8) is 0 Å². The number of hydrogen-bond donors (Lipinski definition) is 1. The SMILES string of the molecule is CCCC1CNC(C)C(c2ccc(CC)cc2)O1. The maximum atomic E-state index is 6.24. The summed E-state index contributed by atoms with van der Waals surface area (Å²) in [5, 5.41) is 3.57. The van der Waals surface area contributed by atoms with Crippen molar-refractivity contribution in [1.82, 2.24) is 5.32 Å². The van der Waals surface area contributed by atoms with E-state index >= 15 is 0 Å². The molecular formula is C16H25NO. The van der Waals surface area contributed by atoms with Gasteiger partial charge in [0, 0.05) is 12.6 Å². The molecule has 0 bridgehead atoms. The zero-order valence-corrected chi connectivity index (χ0v) is 11.8. The number of rotatable bonds is 4. The van der Waals surface area contributed by atoms with Crippen LogP contribution >= 0.6 is 0 Å². The lowest BCUT2D eigenvalue weighted by Gasteiger charge is -2.36. The van der Waals surface area contributed by atoms with Crippen molar-refractivity contribution in [2.75, 3.05) is 6.54 Å². The van der Waals surface area contributed by atoms with Crippen LogP contribution in [0.15, 0.2) is 24.3 Å². The third kappa shape index (κ3) is 3.12. The fourth-order valence-electron chi connectivity index (χ4n) is 2.60. The van der Waals surface area contributed by atoms with E-state index in [1.165, 1.54) is 17.5 Å². The van der Waals surface area contributed by atoms with Gasteiger partial charge in [0.2, 0.25) is 0 Å². The molecule has 1 aromatic carbocycles. The Kier molecular flexibility index (Phi) is 4.79. The monoisotopic (exact) mass is 247 g/mol. The van der Waals surface area contributed by atoms with E-state index in [1.54, 1.807) is 0 Å². The van der Waals surface area contributed by atoms with E-state index in [0.29, 0.717) is 12.1 Å². The third-order valence-corrected chi connectivity index (χ3v) is 3.79. The normalized spacial score (nSPS) is 28.3. The average molecular weight is 247 g/mol. The van der Waals surface area contributed by atoms with Gasteiger partial charge in [-0.15, -0.1) is 0 Å². The maximum Gasteiger partial charge on any atom is 0.0979 e. The molecule has 0 aromatic heterocycles. The Hall–Kier alpha value is -0.860. The van der Waals surface area contributed by atoms with Crippen LogP contribution in [0.5, 0.6) is 0 Å². The molecule has 18 heavy (non-hydrogen) atoms. The maximum absolute atomic E-state index is 6.24. The Morgan fingerprint density at radius 1 is 1.22 bits per heavy atom. The van der Waals surface area contributed by atoms with Crippen molar-refractivity contribution in [3.8, 4) is 0 Å². The van der Waals surface area contributed by atoms with Crippen LogP contribution in [-0.4, -0.2) is 18.7 Å². The first kappa shape index (κ1) is 13.6. The largest absolute Gasteiger partial charge is 0.367 e. The molecule has 2 heteroatoms. The number of ether oxygens (including phenoxy) is 1. The van der Waals surface area contributed by atoms with E-state index in [-0.39, 0.29) is 6.10 Å². The van der Waals surface area contributed by atoms with Crippen LogP contribution in [0.1, 0.15) is 50.8 Å². The lowest BCUT2D eigenvalue weighted by molar-refractivity contribution is -0.0644. The first-order valence-electron chi connectivity index (χ1n) is 7.22. The van der Waals surface area contributed by atoms with Crippen molar-refractivity contribution in [2.45, 2.75) is 58.3 Å². The van der Waals surface area contributed by atoms with Gasteiger partial charge >= 0.3 is 0 Å². The Labute approximate surface area is 111 Å². The highest BCUT2D eigenvalue weighted by Gasteiger charge is 2.28. The smallest absolute Gasteiger partial charge is 0.0979 e. The van der Waals surface area contributed by atoms with Crippen molar-refractivity contribution in [2.24, 2.45) is 0 Å². The van der Waals surface area contributed by atoms with E-state index in [2.05, 4.69) is 50.4 Å². The highest BCUT2D eigenvalue weighted by molar-refractivity contribution is 5.25. The Balaban J connectivity index is 2.08. The molecule has 1 aliphatic heterocycles. The second-order valence-electron chi connectivity index (χ2n) is 5.26. The summed E-state index contributed by atoms with van der Waals surface area (Å²) in [5.41, 5.74) is 2.69. The van der Waals surface area contributed by atoms with E-state index in [1.807, 2.05) is 0 Å². The van der Waals surface area contributed by atoms with Crippen molar-refractivity contribution >= 4 is 0 Å². The molecular weight excluding hydrogens is 222 g/mol. The van der Waals surface area contributed by atoms with Crippen LogP contribution in [0.4, 0.5) is 0 Å². The number of hydrogen-bond acceptors (Lipinski definition) is 2. The summed E-state index contributed by atoms with van der Waals surface area (Å²) in [6.45, 7) is 7.60. The lowest BCUT2D eigenvalue weighted by atomic mass is 9.98. The molecule has 1 aromatic rings. The van der Waals surface area contributed by atoms with Crippen LogP contribution < -0.4 is 5.32 Å². The summed E-state index contributed by atoms with van der Waals surface area (Å²) in [6, 6.07) is 9.26. The molecule has 2 nitrogen and oxygen atoms in total. The van der Waals surface area contributed by atoms with Crippen molar-refractivity contribution in [1.29, 1.82) is 0 Å². The molecule has 1 N–H and O–H groups in total. The quantitative estimate of drug-likeness (QED) is 0.879. The zero-order chi connectivity index (χ0) is 13.0. The van der Waals surface area contributed by atoms with Gasteiger partial charge in [-0.2, -0.15) is 0 Å².